The summed E-state index contributed by atoms with van der Waals surface area (Å²) in [6, 6.07) is 7.87. The number of dihydropyridines is 1. The lowest BCUT2D eigenvalue weighted by Gasteiger charge is -2.38. The first-order valence-corrected chi connectivity index (χ1v) is 25.4. The number of fused-ring (bicyclic) bond motifs is 8. The number of nitrogens with one attached hydrogen (secondary N) is 2. The number of hydrogen-bond donors (Lipinski definition) is 8. The number of allylic oxidation sites excluding steroid dienone is 3. The summed E-state index contributed by atoms with van der Waals surface area (Å²) in [5, 5.41) is 60.4. The second kappa shape index (κ2) is 19.8. The first-order chi connectivity index (χ1) is 29.6. The van der Waals surface area contributed by atoms with Gasteiger partial charge in [-0.15, -0.1) is 0 Å². The van der Waals surface area contributed by atoms with Gasteiger partial charge in [0.1, 0.15) is 11.9 Å². The van der Waals surface area contributed by atoms with Crippen molar-refractivity contribution in [2.24, 2.45) is 46.7 Å². The van der Waals surface area contributed by atoms with Gasteiger partial charge in [-0.25, -0.2) is 0 Å². The van der Waals surface area contributed by atoms with Gasteiger partial charge < -0.3 is 51.0 Å². The van der Waals surface area contributed by atoms with E-state index in [0.29, 0.717) is 48.9 Å². The van der Waals surface area contributed by atoms with Crippen molar-refractivity contribution < 1.29 is 35.0 Å². The zero-order valence-electron chi connectivity index (χ0n) is 35.9. The van der Waals surface area contributed by atoms with Gasteiger partial charge in [-0.3, -0.25) is 0 Å². The van der Waals surface area contributed by atoms with Gasteiger partial charge in [-0.1, -0.05) is 71.4 Å². The lowest BCUT2D eigenvalue weighted by Crippen LogP contribution is -2.43. The van der Waals surface area contributed by atoms with Gasteiger partial charge in [0.25, 0.3) is 0 Å². The van der Waals surface area contributed by atoms with Crippen molar-refractivity contribution in [2.75, 3.05) is 37.9 Å². The van der Waals surface area contributed by atoms with Crippen LogP contribution in [0.4, 0.5) is 0 Å². The Hall–Kier alpha value is -3.02. The molecule has 332 valence electrons. The van der Waals surface area contributed by atoms with Crippen LogP contribution >= 0.6 is 21.6 Å². The number of phenols is 1. The van der Waals surface area contributed by atoms with Crippen LogP contribution in [-0.4, -0.2) is 92.8 Å². The maximum absolute atomic E-state index is 12.5. The molecule has 1 aromatic carbocycles. The van der Waals surface area contributed by atoms with E-state index in [-0.39, 0.29) is 72.6 Å². The summed E-state index contributed by atoms with van der Waals surface area (Å²) >= 11 is 0. The molecule has 12 atom stereocenters. The van der Waals surface area contributed by atoms with Crippen molar-refractivity contribution in [1.29, 1.82) is 0 Å². The Balaban J connectivity index is 1.18. The Morgan fingerprint density at radius 2 is 1.93 bits per heavy atom. The van der Waals surface area contributed by atoms with Crippen LogP contribution in [-0.2, 0) is 17.6 Å². The second-order valence-electron chi connectivity index (χ2n) is 18.5. The largest absolute Gasteiger partial charge is 0.504 e. The predicted octanol–water partition coefficient (Wildman–Crippen LogP) is 6.74. The minimum Gasteiger partial charge on any atom is -0.504 e. The quantitative estimate of drug-likeness (QED) is 0.0722. The van der Waals surface area contributed by atoms with Gasteiger partial charge in [0.2, 0.25) is 0 Å². The fourth-order valence-corrected chi connectivity index (χ4v) is 14.1. The SMILES string of the molecule is CCC1Cc2cc(O)c(OC3CC(Cc4ccc[nH]4)C4=CCNC(N)=C4CSSCC(CO)C3O)cc2C2CC(O)C3C(C#CC4(CC)CCCC(CC4)C3OCCO)C=C12. The molecule has 2 fully saturated rings. The van der Waals surface area contributed by atoms with Crippen LogP contribution in [0.1, 0.15) is 94.4 Å². The van der Waals surface area contributed by atoms with Gasteiger partial charge >= 0.3 is 0 Å². The van der Waals surface area contributed by atoms with Crippen LogP contribution in [0, 0.1) is 52.8 Å². The average Bonchev–Trinajstić information content (AvgIpc) is 3.63. The molecule has 2 aromatic rings. The highest BCUT2D eigenvalue weighted by molar-refractivity contribution is 8.76. The Labute approximate surface area is 370 Å². The summed E-state index contributed by atoms with van der Waals surface area (Å²) in [6.45, 7) is 5.04. The van der Waals surface area contributed by atoms with E-state index in [9.17, 15) is 25.5 Å². The van der Waals surface area contributed by atoms with E-state index in [1.54, 1.807) is 21.6 Å². The van der Waals surface area contributed by atoms with Crippen molar-refractivity contribution in [3.63, 3.8) is 0 Å². The molecular weight excluding hydrogens is 807 g/mol. The topological polar surface area (TPSA) is 173 Å². The summed E-state index contributed by atoms with van der Waals surface area (Å²) in [6.07, 6.45) is 13.2. The maximum Gasteiger partial charge on any atom is 0.161 e. The highest BCUT2D eigenvalue weighted by atomic mass is 33.1. The lowest BCUT2D eigenvalue weighted by atomic mass is 9.70. The Bertz CT molecular complexity index is 1990. The van der Waals surface area contributed by atoms with Crippen LogP contribution in [0.5, 0.6) is 11.5 Å². The Morgan fingerprint density at radius 3 is 2.70 bits per heavy atom. The van der Waals surface area contributed by atoms with Gasteiger partial charge in [0.15, 0.2) is 11.5 Å². The number of aromatic hydroxyl groups is 1. The first-order valence-electron chi connectivity index (χ1n) is 22.9. The standard InChI is InChI=1S/C49H67N3O7S2/c1-3-29-19-32-22-41(55)43(59-44-23-33(20-35-8-6-15-51-35)36-11-16-52-48(50)40(36)28-61-60-27-34(26-54)46(44)57)25-38(32)39-24-42(56)45-31(21-37(29)39)10-14-49(4-2)12-5-7-30(9-13-49)47(45)58-18-17-53/h6,8,11,15,21-22,25,29-31,33-34,39,42,44-47,51-57H,3-5,7,9,12-13,16-20,23-24,26-28,50H2,1-2H3. The zero-order chi connectivity index (χ0) is 42.7. The third kappa shape index (κ3) is 9.45. The minimum atomic E-state index is -1.02. The maximum atomic E-state index is 12.5. The van der Waals surface area contributed by atoms with Crippen LogP contribution < -0.4 is 15.8 Å². The van der Waals surface area contributed by atoms with Gasteiger partial charge in [0, 0.05) is 71.2 Å². The molecule has 61 heavy (non-hydrogen) atoms. The van der Waals surface area contributed by atoms with Crippen molar-refractivity contribution >= 4 is 21.6 Å². The molecule has 9 N–H and O–H groups in total. The lowest BCUT2D eigenvalue weighted by molar-refractivity contribution is -0.0855. The molecule has 12 heteroatoms. The molecule has 2 bridgehead atoms. The summed E-state index contributed by atoms with van der Waals surface area (Å²) < 4.78 is 13.5. The van der Waals surface area contributed by atoms with Crippen molar-refractivity contribution in [1.82, 2.24) is 10.3 Å². The molecule has 4 aliphatic carbocycles. The van der Waals surface area contributed by atoms with Crippen molar-refractivity contribution in [3.05, 3.63) is 82.0 Å². The third-order valence-electron chi connectivity index (χ3n) is 15.1. The molecule has 1 aromatic heterocycles. The zero-order valence-corrected chi connectivity index (χ0v) is 37.5. The number of aliphatic hydroxyl groups excluding tert-OH is 4. The Morgan fingerprint density at radius 1 is 1.07 bits per heavy atom. The fourth-order valence-electron chi connectivity index (χ4n) is 11.6. The number of hydrogen-bond acceptors (Lipinski definition) is 11. The number of aromatic amines is 1. The molecule has 10 nitrogen and oxygen atoms in total. The summed E-state index contributed by atoms with van der Waals surface area (Å²) in [4.78, 5) is 3.37. The van der Waals surface area contributed by atoms with Crippen molar-refractivity contribution in [3.8, 4) is 23.3 Å². The number of phenolic OH excluding ortho intramolecular Hbond substituents is 1. The summed E-state index contributed by atoms with van der Waals surface area (Å²) in [5.41, 5.74) is 13.2. The van der Waals surface area contributed by atoms with E-state index in [4.69, 9.17) is 15.2 Å². The number of benzene rings is 1. The number of H-pyrrole nitrogens is 1. The molecular formula is C49H67N3O7S2. The van der Waals surface area contributed by atoms with Crippen LogP contribution in [0.15, 0.2) is 65.2 Å². The van der Waals surface area contributed by atoms with E-state index in [1.165, 1.54) is 5.57 Å². The molecule has 0 amide bonds. The molecule has 8 rings (SSSR count). The number of rotatable bonds is 10. The monoisotopic (exact) mass is 873 g/mol. The smallest absolute Gasteiger partial charge is 0.161 e. The van der Waals surface area contributed by atoms with E-state index in [1.807, 2.05) is 24.4 Å². The number of aromatic nitrogens is 1. The number of nitrogens with two attached hydrogens (primary N) is 1. The summed E-state index contributed by atoms with van der Waals surface area (Å²) in [5.74, 6) is 9.15. The first kappa shape index (κ1) is 44.6. The third-order valence-corrected chi connectivity index (χ3v) is 17.5. The van der Waals surface area contributed by atoms with Gasteiger partial charge in [-0.05, 0) is 123 Å². The van der Waals surface area contributed by atoms with E-state index in [0.717, 1.165) is 79.3 Å². The van der Waals surface area contributed by atoms with Gasteiger partial charge in [0.05, 0.1) is 31.5 Å². The molecule has 2 aliphatic heterocycles. The normalized spacial score (nSPS) is 35.3. The van der Waals surface area contributed by atoms with Gasteiger partial charge in [-0.2, -0.15) is 0 Å². The van der Waals surface area contributed by atoms with Crippen LogP contribution in [0.3, 0.4) is 0 Å². The predicted molar refractivity (Wildman–Crippen MR) is 244 cm³/mol. The highest BCUT2D eigenvalue weighted by Gasteiger charge is 2.47. The van der Waals surface area contributed by atoms with Crippen molar-refractivity contribution in [2.45, 2.75) is 115 Å². The molecule has 12 unspecified atom stereocenters. The van der Waals surface area contributed by atoms with E-state index in [2.05, 4.69) is 54.2 Å². The fraction of sp³-hybridized carbons (Fsp3) is 0.633. The molecule has 0 radical (unpaired) electrons. The number of aliphatic hydroxyl groups is 4. The number of ether oxygens (including phenoxy) is 2. The molecule has 0 spiro atoms. The summed E-state index contributed by atoms with van der Waals surface area (Å²) in [7, 11) is 3.28. The van der Waals surface area contributed by atoms with Crippen LogP contribution in [0.25, 0.3) is 0 Å². The Kier molecular flexibility index (Phi) is 14.5. The minimum absolute atomic E-state index is 0.0207. The second-order valence-corrected chi connectivity index (χ2v) is 21.0. The van der Waals surface area contributed by atoms with E-state index >= 15 is 0 Å². The molecule has 6 aliphatic rings. The average molecular weight is 874 g/mol. The van der Waals surface area contributed by atoms with E-state index < -0.39 is 24.2 Å². The highest BCUT2D eigenvalue weighted by Crippen LogP contribution is 2.52. The van der Waals surface area contributed by atoms with Crippen LogP contribution in [0.2, 0.25) is 0 Å². The molecule has 1 saturated carbocycles. The molecule has 1 saturated heterocycles. The molecule has 3 heterocycles.